The lowest BCUT2D eigenvalue weighted by Gasteiger charge is -2.34. The van der Waals surface area contributed by atoms with Gasteiger partial charge in [0.1, 0.15) is 0 Å². The summed E-state index contributed by atoms with van der Waals surface area (Å²) in [6, 6.07) is 0. The molecule has 0 atom stereocenters. The van der Waals surface area contributed by atoms with Crippen LogP contribution in [0, 0.1) is 12.3 Å². The highest BCUT2D eigenvalue weighted by Gasteiger charge is 2.15. The maximum atomic E-state index is 8.89. The van der Waals surface area contributed by atoms with E-state index in [9.17, 15) is 0 Å². The smallest absolute Gasteiger partial charge is 0.0871 e. The van der Waals surface area contributed by atoms with Crippen LogP contribution in [0.5, 0.6) is 0 Å². The van der Waals surface area contributed by atoms with E-state index in [1.54, 1.807) is 6.54 Å². The van der Waals surface area contributed by atoms with Gasteiger partial charge in [0, 0.05) is 13.1 Å². The Labute approximate surface area is 50.4 Å². The topological polar surface area (TPSA) is 52.5 Å². The highest BCUT2D eigenvalue weighted by Crippen LogP contribution is 2.43. The normalized spacial score (nSPS) is 31.8. The average molecular weight is 135 g/mol. The second-order valence-corrected chi connectivity index (χ2v) is 3.79. The maximum Gasteiger partial charge on any atom is 0.0871 e. The Bertz CT molecular complexity index is 78.1. The second-order valence-electron chi connectivity index (χ2n) is 1.68. The van der Waals surface area contributed by atoms with Gasteiger partial charge in [0.15, 0.2) is 0 Å². The van der Waals surface area contributed by atoms with Gasteiger partial charge in [-0.2, -0.15) is 10.6 Å². The number of rotatable bonds is 0. The van der Waals surface area contributed by atoms with Crippen molar-refractivity contribution in [3.8, 4) is 0 Å². The molecule has 0 amide bonds. The minimum atomic E-state index is -2.33. The van der Waals surface area contributed by atoms with E-state index in [2.05, 4.69) is 5.32 Å². The SMILES string of the molecule is OS1(O)[CH][CH]NCC1. The molecular formula is C4H9NO2S. The van der Waals surface area contributed by atoms with Crippen molar-refractivity contribution in [1.29, 1.82) is 0 Å². The minimum absolute atomic E-state index is 0.448. The van der Waals surface area contributed by atoms with Gasteiger partial charge in [0.2, 0.25) is 0 Å². The monoisotopic (exact) mass is 135 g/mol. The summed E-state index contributed by atoms with van der Waals surface area (Å²) in [6.07, 6.45) is 0. The molecule has 3 nitrogen and oxygen atoms in total. The van der Waals surface area contributed by atoms with Gasteiger partial charge in [-0.15, -0.1) is 0 Å². The fraction of sp³-hybridized carbons (Fsp3) is 0.500. The molecule has 0 saturated carbocycles. The molecule has 1 aliphatic heterocycles. The molecule has 0 spiro atoms. The van der Waals surface area contributed by atoms with Crippen molar-refractivity contribution < 1.29 is 9.11 Å². The molecule has 0 unspecified atom stereocenters. The lowest BCUT2D eigenvalue weighted by Crippen LogP contribution is -2.26. The van der Waals surface area contributed by atoms with Crippen LogP contribution in [0.15, 0.2) is 0 Å². The van der Waals surface area contributed by atoms with Crippen LogP contribution in [0.25, 0.3) is 0 Å². The molecule has 3 N–H and O–H groups in total. The maximum absolute atomic E-state index is 8.89. The van der Waals surface area contributed by atoms with E-state index in [1.807, 2.05) is 0 Å². The van der Waals surface area contributed by atoms with Crippen molar-refractivity contribution in [2.45, 2.75) is 0 Å². The summed E-state index contributed by atoms with van der Waals surface area (Å²) in [4.78, 5) is 0. The van der Waals surface area contributed by atoms with Crippen molar-refractivity contribution in [2.24, 2.45) is 0 Å². The van der Waals surface area contributed by atoms with E-state index in [0.717, 1.165) is 0 Å². The van der Waals surface area contributed by atoms with Crippen molar-refractivity contribution in [3.63, 3.8) is 0 Å². The predicted molar refractivity (Wildman–Crippen MR) is 34.3 cm³/mol. The summed E-state index contributed by atoms with van der Waals surface area (Å²) in [5, 5.41) is 2.86. The van der Waals surface area contributed by atoms with Crippen LogP contribution in [-0.2, 0) is 0 Å². The third-order valence-electron chi connectivity index (χ3n) is 0.951. The molecule has 0 aromatic carbocycles. The standard InChI is InChI=1S/C4H9NO2S/c6-8(7)3-1-5-2-4-8/h1,3,5-7H,2,4H2. The average Bonchev–Trinajstić information content (AvgIpc) is 1.65. The van der Waals surface area contributed by atoms with Crippen LogP contribution >= 0.6 is 10.6 Å². The van der Waals surface area contributed by atoms with Crippen LogP contribution < -0.4 is 5.32 Å². The van der Waals surface area contributed by atoms with Crippen molar-refractivity contribution >= 4 is 10.6 Å². The Morgan fingerprint density at radius 1 is 1.50 bits per heavy atom. The van der Waals surface area contributed by atoms with Gasteiger partial charge < -0.3 is 5.32 Å². The highest BCUT2D eigenvalue weighted by atomic mass is 32.3. The molecule has 2 radical (unpaired) electrons. The summed E-state index contributed by atoms with van der Waals surface area (Å²) >= 11 is 0. The fourth-order valence-electron chi connectivity index (χ4n) is 0.518. The summed E-state index contributed by atoms with van der Waals surface area (Å²) in [7, 11) is -2.33. The van der Waals surface area contributed by atoms with Crippen molar-refractivity contribution in [1.82, 2.24) is 5.32 Å². The van der Waals surface area contributed by atoms with E-state index in [4.69, 9.17) is 9.11 Å². The lowest BCUT2D eigenvalue weighted by atomic mass is 10.6. The molecule has 1 aliphatic rings. The Kier molecular flexibility index (Phi) is 1.77. The highest BCUT2D eigenvalue weighted by molar-refractivity contribution is 8.26. The largest absolute Gasteiger partial charge is 0.309 e. The van der Waals surface area contributed by atoms with E-state index >= 15 is 0 Å². The molecule has 4 heteroatoms. The van der Waals surface area contributed by atoms with Crippen molar-refractivity contribution in [3.05, 3.63) is 12.3 Å². The van der Waals surface area contributed by atoms with Crippen molar-refractivity contribution in [2.75, 3.05) is 12.3 Å². The number of hydrogen-bond donors (Lipinski definition) is 3. The van der Waals surface area contributed by atoms with Crippen LogP contribution in [0.3, 0.4) is 0 Å². The molecule has 8 heavy (non-hydrogen) atoms. The summed E-state index contributed by atoms with van der Waals surface area (Å²) in [5.41, 5.74) is 0. The van der Waals surface area contributed by atoms with E-state index in [-0.39, 0.29) is 0 Å². The molecule has 0 aliphatic carbocycles. The van der Waals surface area contributed by atoms with E-state index < -0.39 is 10.6 Å². The third-order valence-corrected chi connectivity index (χ3v) is 2.33. The quantitative estimate of drug-likeness (QED) is 0.457. The fourth-order valence-corrected chi connectivity index (χ4v) is 1.39. The molecule has 1 heterocycles. The Hall–Kier alpha value is 0.230. The molecule has 1 fully saturated rings. The van der Waals surface area contributed by atoms with E-state index in [1.165, 1.54) is 5.75 Å². The van der Waals surface area contributed by atoms with Gasteiger partial charge in [-0.1, -0.05) is 0 Å². The zero-order valence-corrected chi connectivity index (χ0v) is 5.19. The first kappa shape index (κ1) is 6.35. The second kappa shape index (κ2) is 2.23. The zero-order valence-electron chi connectivity index (χ0n) is 4.37. The van der Waals surface area contributed by atoms with E-state index in [0.29, 0.717) is 12.3 Å². The molecule has 0 aromatic heterocycles. The third kappa shape index (κ3) is 1.63. The summed E-state index contributed by atoms with van der Waals surface area (Å²) in [5.74, 6) is 1.86. The molecule has 1 rings (SSSR count). The Morgan fingerprint density at radius 3 is 2.50 bits per heavy atom. The molecular weight excluding hydrogens is 126 g/mol. The molecule has 0 bridgehead atoms. The Balaban J connectivity index is 2.33. The van der Waals surface area contributed by atoms with Crippen LogP contribution in [0.1, 0.15) is 0 Å². The number of nitrogens with one attached hydrogen (secondary N) is 1. The van der Waals surface area contributed by atoms with Gasteiger partial charge in [0.05, 0.1) is 11.5 Å². The molecule has 48 valence electrons. The van der Waals surface area contributed by atoms with Crippen LogP contribution in [0.4, 0.5) is 0 Å². The summed E-state index contributed by atoms with van der Waals surface area (Å²) < 4.78 is 17.8. The van der Waals surface area contributed by atoms with Gasteiger partial charge in [0.25, 0.3) is 0 Å². The molecule has 0 aromatic rings. The first-order valence-electron chi connectivity index (χ1n) is 2.37. The van der Waals surface area contributed by atoms with Gasteiger partial charge in [-0.25, -0.2) is 0 Å². The zero-order chi connectivity index (χ0) is 6.04. The van der Waals surface area contributed by atoms with Crippen LogP contribution in [-0.4, -0.2) is 21.4 Å². The first-order chi connectivity index (χ1) is 3.71. The van der Waals surface area contributed by atoms with Gasteiger partial charge >= 0.3 is 0 Å². The summed E-state index contributed by atoms with van der Waals surface area (Å²) in [6.45, 7) is 2.25. The minimum Gasteiger partial charge on any atom is -0.309 e. The van der Waals surface area contributed by atoms with Crippen LogP contribution in [0.2, 0.25) is 0 Å². The van der Waals surface area contributed by atoms with Gasteiger partial charge in [-0.3, -0.25) is 9.11 Å². The Morgan fingerprint density at radius 2 is 2.25 bits per heavy atom. The molecule has 1 saturated heterocycles. The first-order valence-corrected chi connectivity index (χ1v) is 4.14. The lowest BCUT2D eigenvalue weighted by molar-refractivity contribution is 0.488. The number of hydrogen-bond acceptors (Lipinski definition) is 3. The van der Waals surface area contributed by atoms with Gasteiger partial charge in [-0.05, 0) is 0 Å². The predicted octanol–water partition coefficient (Wildman–Crippen LogP) is 0.664.